The van der Waals surface area contributed by atoms with Crippen LogP contribution in [-0.2, 0) is 4.79 Å². The molecule has 1 aromatic carbocycles. The van der Waals surface area contributed by atoms with Crippen LogP contribution < -0.4 is 5.43 Å². The SMILES string of the molecule is CC(C)CCCC[C@H]1CCC[C@H]2C/C(=N/Nc3ccc([N+](=O)[O-])cc3[N+](=O)[O-])[C@@H](CC(=O)O)C[C@H]12. The summed E-state index contributed by atoms with van der Waals surface area (Å²) in [7, 11) is 0. The van der Waals surface area contributed by atoms with Crippen molar-refractivity contribution in [1.82, 2.24) is 0 Å². The van der Waals surface area contributed by atoms with E-state index in [0.717, 1.165) is 31.0 Å². The first-order valence-corrected chi connectivity index (χ1v) is 12.6. The van der Waals surface area contributed by atoms with Crippen LogP contribution in [0.25, 0.3) is 0 Å². The third-order valence-corrected chi connectivity index (χ3v) is 7.60. The summed E-state index contributed by atoms with van der Waals surface area (Å²) in [6.07, 6.45) is 9.74. The second kappa shape index (κ2) is 12.1. The maximum absolute atomic E-state index is 11.6. The molecular weight excluding hydrogens is 452 g/mol. The Bertz CT molecular complexity index is 963. The number of carboxylic acids is 1. The van der Waals surface area contributed by atoms with Gasteiger partial charge in [-0.1, -0.05) is 52.4 Å². The van der Waals surface area contributed by atoms with Gasteiger partial charge in [0.15, 0.2) is 0 Å². The lowest BCUT2D eigenvalue weighted by Crippen LogP contribution is -2.39. The van der Waals surface area contributed by atoms with E-state index >= 15 is 0 Å². The summed E-state index contributed by atoms with van der Waals surface area (Å²) in [5, 5.41) is 36.4. The number of unbranched alkanes of at least 4 members (excludes halogenated alkanes) is 1. The van der Waals surface area contributed by atoms with Gasteiger partial charge < -0.3 is 5.11 Å². The highest BCUT2D eigenvalue weighted by Gasteiger charge is 2.41. The maximum Gasteiger partial charge on any atom is 0.304 e. The Hall–Kier alpha value is -3.04. The molecule has 0 aromatic heterocycles. The van der Waals surface area contributed by atoms with Crippen molar-refractivity contribution in [3.8, 4) is 0 Å². The third-order valence-electron chi connectivity index (χ3n) is 7.60. The van der Waals surface area contributed by atoms with Crippen LogP contribution in [0.15, 0.2) is 23.3 Å². The van der Waals surface area contributed by atoms with E-state index < -0.39 is 21.5 Å². The van der Waals surface area contributed by atoms with Gasteiger partial charge in [-0.25, -0.2) is 0 Å². The van der Waals surface area contributed by atoms with Gasteiger partial charge in [-0.2, -0.15) is 5.10 Å². The van der Waals surface area contributed by atoms with Crippen LogP contribution in [0, 0.1) is 49.8 Å². The Kier molecular flexibility index (Phi) is 9.17. The first kappa shape index (κ1) is 26.6. The highest BCUT2D eigenvalue weighted by atomic mass is 16.6. The number of nitrogens with one attached hydrogen (secondary N) is 1. The summed E-state index contributed by atoms with van der Waals surface area (Å²) < 4.78 is 0. The standard InChI is InChI=1S/C25H36N4O6/c1-16(2)6-3-4-7-17-8-5-9-18-13-23(19(12-21(17)18)14-25(30)31)27-26-22-11-10-20(28(32)33)15-24(22)29(34)35/h10-11,15-19,21,26H,3-9,12-14H2,1-2H3,(H,30,31)/b27-23-/t17-,18-,19+,21+/m0/s1. The van der Waals surface area contributed by atoms with Gasteiger partial charge in [-0.05, 0) is 49.0 Å². The molecule has 3 rings (SSSR count). The van der Waals surface area contributed by atoms with Gasteiger partial charge >= 0.3 is 11.7 Å². The van der Waals surface area contributed by atoms with E-state index in [1.807, 2.05) is 0 Å². The Balaban J connectivity index is 1.76. The number of hydrazone groups is 1. The van der Waals surface area contributed by atoms with Crippen molar-refractivity contribution in [3.05, 3.63) is 38.4 Å². The van der Waals surface area contributed by atoms with E-state index in [9.17, 15) is 30.1 Å². The number of nitro benzene ring substituents is 2. The van der Waals surface area contributed by atoms with Crippen LogP contribution in [0.4, 0.5) is 17.1 Å². The number of carboxylic acid groups (broad SMARTS) is 1. The van der Waals surface area contributed by atoms with Gasteiger partial charge in [0, 0.05) is 17.7 Å². The summed E-state index contributed by atoms with van der Waals surface area (Å²) in [5.41, 5.74) is 2.69. The van der Waals surface area contributed by atoms with Crippen LogP contribution in [0.5, 0.6) is 0 Å². The van der Waals surface area contributed by atoms with Gasteiger partial charge in [0.2, 0.25) is 0 Å². The molecule has 0 unspecified atom stereocenters. The Morgan fingerprint density at radius 3 is 2.63 bits per heavy atom. The molecule has 10 heteroatoms. The van der Waals surface area contributed by atoms with Crippen molar-refractivity contribution in [1.29, 1.82) is 0 Å². The predicted molar refractivity (Wildman–Crippen MR) is 133 cm³/mol. The molecule has 192 valence electrons. The Morgan fingerprint density at radius 2 is 1.97 bits per heavy atom. The zero-order chi connectivity index (χ0) is 25.5. The number of benzene rings is 1. The molecule has 35 heavy (non-hydrogen) atoms. The van der Waals surface area contributed by atoms with Gasteiger partial charge in [-0.3, -0.25) is 30.4 Å². The van der Waals surface area contributed by atoms with Gasteiger partial charge in [-0.15, -0.1) is 0 Å². The fourth-order valence-electron chi connectivity index (χ4n) is 5.87. The van der Waals surface area contributed by atoms with Crippen molar-refractivity contribution in [2.24, 2.45) is 34.7 Å². The number of carbonyl (C=O) groups is 1. The number of nitrogens with zero attached hydrogens (tertiary/aromatic N) is 3. The number of non-ortho nitro benzene ring substituents is 1. The van der Waals surface area contributed by atoms with Gasteiger partial charge in [0.05, 0.1) is 22.3 Å². The maximum atomic E-state index is 11.6. The first-order valence-electron chi connectivity index (χ1n) is 12.6. The number of hydrogen-bond acceptors (Lipinski definition) is 7. The molecule has 2 aliphatic carbocycles. The number of aliphatic carboxylic acids is 1. The van der Waals surface area contributed by atoms with Crippen LogP contribution >= 0.6 is 0 Å². The first-order chi connectivity index (χ1) is 16.7. The smallest absolute Gasteiger partial charge is 0.304 e. The lowest BCUT2D eigenvalue weighted by molar-refractivity contribution is -0.393. The van der Waals surface area contributed by atoms with E-state index in [4.69, 9.17) is 0 Å². The summed E-state index contributed by atoms with van der Waals surface area (Å²) >= 11 is 0. The van der Waals surface area contributed by atoms with Crippen LogP contribution in [0.3, 0.4) is 0 Å². The Labute approximate surface area is 205 Å². The number of fused-ring (bicyclic) bond motifs is 1. The van der Waals surface area contributed by atoms with Crippen molar-refractivity contribution in [3.63, 3.8) is 0 Å². The fraction of sp³-hybridized carbons (Fsp3) is 0.680. The molecular formula is C25H36N4O6. The molecule has 10 nitrogen and oxygen atoms in total. The van der Waals surface area contributed by atoms with Crippen LogP contribution in [0.1, 0.15) is 78.1 Å². The molecule has 0 spiro atoms. The van der Waals surface area contributed by atoms with Crippen molar-refractivity contribution >= 4 is 28.7 Å². The second-order valence-corrected chi connectivity index (χ2v) is 10.5. The van der Waals surface area contributed by atoms with E-state index in [1.54, 1.807) is 0 Å². The van der Waals surface area contributed by atoms with Gasteiger partial charge in [0.25, 0.3) is 5.69 Å². The number of rotatable bonds is 11. The second-order valence-electron chi connectivity index (χ2n) is 10.5. The quantitative estimate of drug-likeness (QED) is 0.208. The fourth-order valence-corrected chi connectivity index (χ4v) is 5.87. The highest BCUT2D eigenvalue weighted by Crippen LogP contribution is 2.47. The van der Waals surface area contributed by atoms with E-state index in [1.165, 1.54) is 44.2 Å². The molecule has 1 aromatic rings. The van der Waals surface area contributed by atoms with Crippen molar-refractivity contribution in [2.45, 2.75) is 78.1 Å². The Morgan fingerprint density at radius 1 is 1.20 bits per heavy atom. The van der Waals surface area contributed by atoms with Gasteiger partial charge in [0.1, 0.15) is 5.69 Å². The summed E-state index contributed by atoms with van der Waals surface area (Å²) in [6.45, 7) is 4.49. The van der Waals surface area contributed by atoms with Crippen molar-refractivity contribution in [2.75, 3.05) is 5.43 Å². The number of nitro groups is 2. The molecule has 2 saturated carbocycles. The molecule has 2 N–H and O–H groups in total. The van der Waals surface area contributed by atoms with E-state index in [0.29, 0.717) is 30.1 Å². The summed E-state index contributed by atoms with van der Waals surface area (Å²) in [6, 6.07) is 3.36. The molecule has 0 heterocycles. The summed E-state index contributed by atoms with van der Waals surface area (Å²) in [5.74, 6) is 1.14. The molecule has 2 fully saturated rings. The third kappa shape index (κ3) is 7.22. The lowest BCUT2D eigenvalue weighted by atomic mass is 9.61. The van der Waals surface area contributed by atoms with Crippen molar-refractivity contribution < 1.29 is 19.7 Å². The van der Waals surface area contributed by atoms with Crippen LogP contribution in [0.2, 0.25) is 0 Å². The molecule has 0 amide bonds. The zero-order valence-electron chi connectivity index (χ0n) is 20.5. The molecule has 0 radical (unpaired) electrons. The van der Waals surface area contributed by atoms with E-state index in [-0.39, 0.29) is 23.7 Å². The highest BCUT2D eigenvalue weighted by molar-refractivity contribution is 5.91. The average molecular weight is 489 g/mol. The minimum atomic E-state index is -0.883. The number of hydrogen-bond donors (Lipinski definition) is 2. The number of anilines is 1. The average Bonchev–Trinajstić information content (AvgIpc) is 2.79. The van der Waals surface area contributed by atoms with E-state index in [2.05, 4.69) is 24.4 Å². The lowest BCUT2D eigenvalue weighted by Gasteiger charge is -2.44. The molecule has 0 aliphatic heterocycles. The van der Waals surface area contributed by atoms with Crippen LogP contribution in [-0.4, -0.2) is 26.6 Å². The minimum absolute atomic E-state index is 0.0217. The molecule has 4 atom stereocenters. The minimum Gasteiger partial charge on any atom is -0.481 e. The largest absolute Gasteiger partial charge is 0.481 e. The monoisotopic (exact) mass is 488 g/mol. The topological polar surface area (TPSA) is 148 Å². The predicted octanol–water partition coefficient (Wildman–Crippen LogP) is 6.40. The zero-order valence-corrected chi connectivity index (χ0v) is 20.5. The molecule has 2 aliphatic rings. The summed E-state index contributed by atoms with van der Waals surface area (Å²) in [4.78, 5) is 32.7. The molecule has 0 saturated heterocycles. The molecule has 0 bridgehead atoms. The normalized spacial score (nSPS) is 25.3.